The number of amides is 1. The van der Waals surface area contributed by atoms with Crippen LogP contribution in [0.25, 0.3) is 0 Å². The maximum atomic E-state index is 12.7. The largest absolute Gasteiger partial charge is 0.381 e. The zero-order valence-corrected chi connectivity index (χ0v) is 13.3. The summed E-state index contributed by atoms with van der Waals surface area (Å²) >= 11 is 0. The number of likely N-dealkylation sites (tertiary alicyclic amines) is 1. The highest BCUT2D eigenvalue weighted by molar-refractivity contribution is 5.86. The predicted molar refractivity (Wildman–Crippen MR) is 86.5 cm³/mol. The van der Waals surface area contributed by atoms with E-state index in [1.165, 1.54) is 12.3 Å². The number of nitro groups is 1. The molecule has 2 aliphatic heterocycles. The van der Waals surface area contributed by atoms with Gasteiger partial charge in [-0.3, -0.25) is 14.9 Å². The van der Waals surface area contributed by atoms with Crippen molar-refractivity contribution in [3.63, 3.8) is 0 Å². The van der Waals surface area contributed by atoms with Gasteiger partial charge < -0.3 is 20.7 Å². The molecular formula is C15H21N5O4. The number of nitrogens with zero attached hydrogens (tertiary/aromatic N) is 3. The Labute approximate surface area is 139 Å². The summed E-state index contributed by atoms with van der Waals surface area (Å²) in [6.07, 6.45) is 3.10. The summed E-state index contributed by atoms with van der Waals surface area (Å²) in [7, 11) is 0. The summed E-state index contributed by atoms with van der Waals surface area (Å²) in [5, 5.41) is 13.8. The Balaban J connectivity index is 1.57. The number of hydrogen-bond acceptors (Lipinski definition) is 7. The third kappa shape index (κ3) is 3.46. The molecule has 2 saturated heterocycles. The lowest BCUT2D eigenvalue weighted by Crippen LogP contribution is -2.57. The van der Waals surface area contributed by atoms with Gasteiger partial charge in [-0.2, -0.15) is 0 Å². The summed E-state index contributed by atoms with van der Waals surface area (Å²) in [5.41, 5.74) is 5.39. The molecule has 1 aromatic heterocycles. The highest BCUT2D eigenvalue weighted by atomic mass is 16.6. The molecule has 3 N–H and O–H groups in total. The Bertz CT molecular complexity index is 615. The van der Waals surface area contributed by atoms with Crippen LogP contribution >= 0.6 is 0 Å². The van der Waals surface area contributed by atoms with Crippen molar-refractivity contribution in [3.8, 4) is 0 Å². The Hall–Kier alpha value is -2.26. The van der Waals surface area contributed by atoms with Crippen molar-refractivity contribution in [2.45, 2.75) is 30.8 Å². The molecule has 2 fully saturated rings. The highest BCUT2D eigenvalue weighted by Crippen LogP contribution is 2.24. The molecule has 3 heterocycles. The summed E-state index contributed by atoms with van der Waals surface area (Å²) in [5.74, 6) is 0.542. The third-order valence-electron chi connectivity index (χ3n) is 4.60. The van der Waals surface area contributed by atoms with Gasteiger partial charge in [0.15, 0.2) is 0 Å². The van der Waals surface area contributed by atoms with Crippen LogP contribution in [0.3, 0.4) is 0 Å². The van der Waals surface area contributed by atoms with E-state index in [0.29, 0.717) is 45.0 Å². The average molecular weight is 335 g/mol. The molecule has 1 aromatic rings. The molecule has 1 amide bonds. The minimum atomic E-state index is -0.821. The average Bonchev–Trinajstić information content (AvgIpc) is 3.03. The minimum Gasteiger partial charge on any atom is -0.381 e. The molecule has 3 rings (SSSR count). The van der Waals surface area contributed by atoms with E-state index in [2.05, 4.69) is 10.3 Å². The number of carbonyl (C=O) groups is 1. The Morgan fingerprint density at radius 1 is 1.46 bits per heavy atom. The first-order valence-corrected chi connectivity index (χ1v) is 8.01. The van der Waals surface area contributed by atoms with Gasteiger partial charge in [-0.15, -0.1) is 0 Å². The Morgan fingerprint density at radius 2 is 2.21 bits per heavy atom. The predicted octanol–water partition coefficient (Wildman–Crippen LogP) is 0.510. The number of nitrogens with two attached hydrogens (primary N) is 1. The number of aromatic nitrogens is 1. The summed E-state index contributed by atoms with van der Waals surface area (Å²) in [6.45, 7) is 2.23. The van der Waals surface area contributed by atoms with E-state index in [0.717, 1.165) is 6.42 Å². The fraction of sp³-hybridized carbons (Fsp3) is 0.600. The molecule has 0 aliphatic carbocycles. The first kappa shape index (κ1) is 16.6. The van der Waals surface area contributed by atoms with Crippen molar-refractivity contribution in [1.29, 1.82) is 0 Å². The van der Waals surface area contributed by atoms with Gasteiger partial charge >= 0.3 is 0 Å². The lowest BCUT2D eigenvalue weighted by molar-refractivity contribution is -0.385. The molecule has 1 unspecified atom stereocenters. The van der Waals surface area contributed by atoms with Gasteiger partial charge in [0.05, 0.1) is 10.5 Å². The Kier molecular flexibility index (Phi) is 4.63. The molecule has 0 saturated carbocycles. The molecule has 9 heteroatoms. The van der Waals surface area contributed by atoms with Gasteiger partial charge in [0, 0.05) is 38.4 Å². The van der Waals surface area contributed by atoms with Gasteiger partial charge in [0.1, 0.15) is 12.0 Å². The van der Waals surface area contributed by atoms with Crippen LogP contribution in [0.5, 0.6) is 0 Å². The molecular weight excluding hydrogens is 314 g/mol. The summed E-state index contributed by atoms with van der Waals surface area (Å²) in [6, 6.07) is 3.04. The van der Waals surface area contributed by atoms with Crippen molar-refractivity contribution in [1.82, 2.24) is 9.88 Å². The maximum Gasteiger partial charge on any atom is 0.287 e. The third-order valence-corrected chi connectivity index (χ3v) is 4.60. The van der Waals surface area contributed by atoms with E-state index >= 15 is 0 Å². The van der Waals surface area contributed by atoms with Gasteiger partial charge in [0.2, 0.25) is 5.91 Å². The second kappa shape index (κ2) is 6.70. The Morgan fingerprint density at radius 3 is 2.83 bits per heavy atom. The second-order valence-corrected chi connectivity index (χ2v) is 6.31. The van der Waals surface area contributed by atoms with E-state index in [1.807, 2.05) is 0 Å². The molecule has 0 bridgehead atoms. The molecule has 0 spiro atoms. The fourth-order valence-corrected chi connectivity index (χ4v) is 3.12. The number of ether oxygens (including phenoxy) is 1. The molecule has 9 nitrogen and oxygen atoms in total. The van der Waals surface area contributed by atoms with Crippen molar-refractivity contribution < 1.29 is 14.5 Å². The maximum absolute atomic E-state index is 12.7. The molecule has 0 radical (unpaired) electrons. The second-order valence-electron chi connectivity index (χ2n) is 6.31. The number of anilines is 1. The summed E-state index contributed by atoms with van der Waals surface area (Å²) in [4.78, 5) is 28.6. The topological polar surface area (TPSA) is 124 Å². The van der Waals surface area contributed by atoms with E-state index in [4.69, 9.17) is 10.5 Å². The summed E-state index contributed by atoms with van der Waals surface area (Å²) < 4.78 is 5.29. The van der Waals surface area contributed by atoms with Crippen LogP contribution in [0.2, 0.25) is 0 Å². The molecule has 24 heavy (non-hydrogen) atoms. The first-order valence-electron chi connectivity index (χ1n) is 8.01. The quantitative estimate of drug-likeness (QED) is 0.607. The smallest absolute Gasteiger partial charge is 0.287 e. The van der Waals surface area contributed by atoms with Crippen LogP contribution in [-0.4, -0.2) is 58.6 Å². The van der Waals surface area contributed by atoms with E-state index in [-0.39, 0.29) is 17.6 Å². The van der Waals surface area contributed by atoms with Crippen molar-refractivity contribution in [3.05, 3.63) is 28.4 Å². The standard InChI is InChI=1S/C15H21N5O4/c16-15(4-7-24-8-5-15)14(21)19-6-3-11(10-19)18-13-2-1-12(9-17-13)20(22)23/h1-2,9,11H,3-8,10,16H2,(H,17,18). The zero-order chi connectivity index (χ0) is 17.2. The van der Waals surface area contributed by atoms with Crippen LogP contribution in [0.4, 0.5) is 11.5 Å². The zero-order valence-electron chi connectivity index (χ0n) is 13.3. The van der Waals surface area contributed by atoms with Gasteiger partial charge in [-0.25, -0.2) is 4.98 Å². The van der Waals surface area contributed by atoms with Gasteiger partial charge in [-0.1, -0.05) is 0 Å². The first-order chi connectivity index (χ1) is 11.5. The van der Waals surface area contributed by atoms with Gasteiger partial charge in [0.25, 0.3) is 5.69 Å². The van der Waals surface area contributed by atoms with Crippen LogP contribution in [0.1, 0.15) is 19.3 Å². The van der Waals surface area contributed by atoms with E-state index in [9.17, 15) is 14.9 Å². The number of carbonyl (C=O) groups excluding carboxylic acids is 1. The normalized spacial score (nSPS) is 23.0. The fourth-order valence-electron chi connectivity index (χ4n) is 3.12. The lowest BCUT2D eigenvalue weighted by Gasteiger charge is -2.35. The number of rotatable bonds is 4. The lowest BCUT2D eigenvalue weighted by atomic mass is 9.90. The van der Waals surface area contributed by atoms with Crippen molar-refractivity contribution in [2.24, 2.45) is 5.73 Å². The van der Waals surface area contributed by atoms with Crippen molar-refractivity contribution in [2.75, 3.05) is 31.6 Å². The van der Waals surface area contributed by atoms with Crippen LogP contribution in [0.15, 0.2) is 18.3 Å². The monoisotopic (exact) mass is 335 g/mol. The van der Waals surface area contributed by atoms with Crippen LogP contribution in [0, 0.1) is 10.1 Å². The van der Waals surface area contributed by atoms with E-state index < -0.39 is 10.5 Å². The molecule has 130 valence electrons. The van der Waals surface area contributed by atoms with Crippen LogP contribution in [-0.2, 0) is 9.53 Å². The minimum absolute atomic E-state index is 0.0215. The number of hydrogen-bond donors (Lipinski definition) is 2. The highest BCUT2D eigenvalue weighted by Gasteiger charge is 2.41. The molecule has 1 atom stereocenters. The van der Waals surface area contributed by atoms with Gasteiger partial charge in [-0.05, 0) is 25.3 Å². The molecule has 2 aliphatic rings. The molecule has 0 aromatic carbocycles. The number of nitrogens with one attached hydrogen (secondary N) is 1. The SMILES string of the molecule is NC1(C(=O)N2CCC(Nc3ccc([N+](=O)[O-])cn3)C2)CCOCC1. The van der Waals surface area contributed by atoms with E-state index in [1.54, 1.807) is 11.0 Å². The van der Waals surface area contributed by atoms with Crippen molar-refractivity contribution >= 4 is 17.4 Å². The number of pyridine rings is 1. The van der Waals surface area contributed by atoms with Crippen LogP contribution < -0.4 is 11.1 Å².